The Bertz CT molecular complexity index is 500. The molecule has 0 spiro atoms. The molecule has 1 heterocycles. The van der Waals surface area contributed by atoms with Gasteiger partial charge in [-0.15, -0.1) is 0 Å². The van der Waals surface area contributed by atoms with Crippen LogP contribution in [0, 0.1) is 0 Å². The number of imide groups is 1. The number of likely N-dealkylation sites (N-methyl/N-ethyl adjacent to an activating group) is 2. The van der Waals surface area contributed by atoms with Gasteiger partial charge in [-0.25, -0.2) is 0 Å². The van der Waals surface area contributed by atoms with Crippen LogP contribution < -0.4 is 10.2 Å². The van der Waals surface area contributed by atoms with Gasteiger partial charge in [-0.1, -0.05) is 12.1 Å². The molecule has 1 aliphatic rings. The van der Waals surface area contributed by atoms with Gasteiger partial charge in [-0.05, 0) is 24.7 Å². The van der Waals surface area contributed by atoms with Gasteiger partial charge in [-0.3, -0.25) is 14.5 Å². The normalized spacial score (nSPS) is 17.6. The zero-order chi connectivity index (χ0) is 14.7. The Balaban J connectivity index is 2.19. The SMILES string of the molecule is CNCC(O)c1cccc(N2CC(=O)N(C)C(=O)C2)c1. The van der Waals surface area contributed by atoms with Crippen molar-refractivity contribution in [2.75, 3.05) is 38.6 Å². The highest BCUT2D eigenvalue weighted by Gasteiger charge is 2.28. The van der Waals surface area contributed by atoms with E-state index in [1.807, 2.05) is 24.3 Å². The molecule has 1 unspecified atom stereocenters. The predicted octanol–water partition coefficient (Wildman–Crippen LogP) is -0.256. The number of piperazine rings is 1. The van der Waals surface area contributed by atoms with Crippen molar-refractivity contribution in [1.29, 1.82) is 0 Å². The van der Waals surface area contributed by atoms with Crippen molar-refractivity contribution >= 4 is 17.5 Å². The van der Waals surface area contributed by atoms with Gasteiger partial charge in [0.1, 0.15) is 0 Å². The maximum Gasteiger partial charge on any atom is 0.248 e. The van der Waals surface area contributed by atoms with E-state index in [1.54, 1.807) is 11.9 Å². The van der Waals surface area contributed by atoms with Crippen LogP contribution in [0.15, 0.2) is 24.3 Å². The van der Waals surface area contributed by atoms with Crippen LogP contribution in [-0.2, 0) is 9.59 Å². The first-order chi connectivity index (χ1) is 9.52. The summed E-state index contributed by atoms with van der Waals surface area (Å²) in [5.41, 5.74) is 1.53. The first-order valence-electron chi connectivity index (χ1n) is 6.50. The average molecular weight is 277 g/mol. The summed E-state index contributed by atoms with van der Waals surface area (Å²) in [5, 5.41) is 12.9. The molecule has 0 aromatic heterocycles. The second-order valence-corrected chi connectivity index (χ2v) is 4.87. The molecule has 0 bridgehead atoms. The monoisotopic (exact) mass is 277 g/mol. The molecule has 0 radical (unpaired) electrons. The van der Waals surface area contributed by atoms with Crippen LogP contribution in [0.2, 0.25) is 0 Å². The van der Waals surface area contributed by atoms with E-state index in [4.69, 9.17) is 0 Å². The molecule has 2 N–H and O–H groups in total. The number of nitrogens with one attached hydrogen (secondary N) is 1. The molecule has 1 aromatic rings. The largest absolute Gasteiger partial charge is 0.387 e. The fraction of sp³-hybridized carbons (Fsp3) is 0.429. The second kappa shape index (κ2) is 6.02. The molecule has 1 aliphatic heterocycles. The third-order valence-electron chi connectivity index (χ3n) is 3.42. The summed E-state index contributed by atoms with van der Waals surface area (Å²) in [7, 11) is 3.26. The lowest BCUT2D eigenvalue weighted by Crippen LogP contribution is -2.52. The van der Waals surface area contributed by atoms with Gasteiger partial charge < -0.3 is 15.3 Å². The lowest BCUT2D eigenvalue weighted by atomic mass is 10.1. The summed E-state index contributed by atoms with van der Waals surface area (Å²) in [6.07, 6.45) is -0.612. The van der Waals surface area contributed by atoms with E-state index < -0.39 is 6.10 Å². The van der Waals surface area contributed by atoms with Crippen LogP contribution in [0.3, 0.4) is 0 Å². The number of nitrogens with zero attached hydrogens (tertiary/aromatic N) is 2. The van der Waals surface area contributed by atoms with E-state index in [9.17, 15) is 14.7 Å². The number of amides is 2. The topological polar surface area (TPSA) is 72.9 Å². The van der Waals surface area contributed by atoms with Crippen LogP contribution in [-0.4, -0.2) is 55.6 Å². The lowest BCUT2D eigenvalue weighted by molar-refractivity contribution is -0.143. The van der Waals surface area contributed by atoms with Crippen molar-refractivity contribution in [3.63, 3.8) is 0 Å². The summed E-state index contributed by atoms with van der Waals surface area (Å²) >= 11 is 0. The highest BCUT2D eigenvalue weighted by atomic mass is 16.3. The second-order valence-electron chi connectivity index (χ2n) is 4.87. The summed E-state index contributed by atoms with van der Waals surface area (Å²) in [4.78, 5) is 26.3. The molecule has 2 rings (SSSR count). The summed E-state index contributed by atoms with van der Waals surface area (Å²) in [6, 6.07) is 7.29. The molecule has 2 amide bonds. The lowest BCUT2D eigenvalue weighted by Gasteiger charge is -2.32. The Morgan fingerprint density at radius 2 is 1.95 bits per heavy atom. The fourth-order valence-electron chi connectivity index (χ4n) is 2.16. The Morgan fingerprint density at radius 1 is 1.30 bits per heavy atom. The minimum absolute atomic E-state index is 0.174. The van der Waals surface area contributed by atoms with Gasteiger partial charge in [0.2, 0.25) is 11.8 Å². The number of aliphatic hydroxyl groups is 1. The third kappa shape index (κ3) is 2.97. The van der Waals surface area contributed by atoms with Gasteiger partial charge in [0.15, 0.2) is 0 Å². The Hall–Kier alpha value is -1.92. The highest BCUT2D eigenvalue weighted by molar-refractivity contribution is 6.02. The average Bonchev–Trinajstić information content (AvgIpc) is 2.44. The van der Waals surface area contributed by atoms with Gasteiger partial charge in [-0.2, -0.15) is 0 Å². The van der Waals surface area contributed by atoms with E-state index in [1.165, 1.54) is 7.05 Å². The summed E-state index contributed by atoms with van der Waals surface area (Å²) in [5.74, 6) is -0.440. The van der Waals surface area contributed by atoms with Crippen LogP contribution in [0.4, 0.5) is 5.69 Å². The molecule has 6 nitrogen and oxygen atoms in total. The zero-order valence-electron chi connectivity index (χ0n) is 11.7. The first-order valence-corrected chi connectivity index (χ1v) is 6.50. The quantitative estimate of drug-likeness (QED) is 0.742. The molecular formula is C14H19N3O3. The maximum atomic E-state index is 11.7. The molecule has 20 heavy (non-hydrogen) atoms. The van der Waals surface area contributed by atoms with Crippen LogP contribution in [0.5, 0.6) is 0 Å². The molecule has 108 valence electrons. The van der Waals surface area contributed by atoms with Crippen LogP contribution in [0.25, 0.3) is 0 Å². The van der Waals surface area contributed by atoms with Gasteiger partial charge >= 0.3 is 0 Å². The van der Waals surface area contributed by atoms with Gasteiger partial charge in [0, 0.05) is 19.3 Å². The number of anilines is 1. The van der Waals surface area contributed by atoms with Crippen molar-refractivity contribution in [1.82, 2.24) is 10.2 Å². The molecule has 0 saturated carbocycles. The van der Waals surface area contributed by atoms with E-state index >= 15 is 0 Å². The van der Waals surface area contributed by atoms with E-state index in [2.05, 4.69) is 5.32 Å². The van der Waals surface area contributed by atoms with Crippen LogP contribution in [0.1, 0.15) is 11.7 Å². The molecule has 1 atom stereocenters. The van der Waals surface area contributed by atoms with E-state index in [0.29, 0.717) is 6.54 Å². The fourth-order valence-corrected chi connectivity index (χ4v) is 2.16. The first kappa shape index (κ1) is 14.5. The van der Waals surface area contributed by atoms with E-state index in [-0.39, 0.29) is 24.9 Å². The number of hydrogen-bond donors (Lipinski definition) is 2. The number of carbonyl (C=O) groups is 2. The Kier molecular flexibility index (Phi) is 4.36. The van der Waals surface area contributed by atoms with Crippen molar-refractivity contribution in [2.45, 2.75) is 6.10 Å². The molecule has 1 fully saturated rings. The molecule has 6 heteroatoms. The van der Waals surface area contributed by atoms with Crippen molar-refractivity contribution in [3.8, 4) is 0 Å². The van der Waals surface area contributed by atoms with Crippen molar-refractivity contribution in [2.24, 2.45) is 0 Å². The molecule has 1 saturated heterocycles. The van der Waals surface area contributed by atoms with Crippen molar-refractivity contribution in [3.05, 3.63) is 29.8 Å². The summed E-state index contributed by atoms with van der Waals surface area (Å²) < 4.78 is 0. The molecular weight excluding hydrogens is 258 g/mol. The zero-order valence-corrected chi connectivity index (χ0v) is 11.7. The number of rotatable bonds is 4. The summed E-state index contributed by atoms with van der Waals surface area (Å²) in [6.45, 7) is 0.797. The Labute approximate surface area is 118 Å². The van der Waals surface area contributed by atoms with E-state index in [0.717, 1.165) is 16.2 Å². The highest BCUT2D eigenvalue weighted by Crippen LogP contribution is 2.22. The standard InChI is InChI=1S/C14H19N3O3/c1-15-7-12(18)10-4-3-5-11(6-10)17-8-13(19)16(2)14(20)9-17/h3-6,12,15,18H,7-9H2,1-2H3. The van der Waals surface area contributed by atoms with Gasteiger partial charge in [0.25, 0.3) is 0 Å². The number of carbonyl (C=O) groups excluding carboxylic acids is 2. The predicted molar refractivity (Wildman–Crippen MR) is 75.3 cm³/mol. The molecule has 1 aromatic carbocycles. The number of aliphatic hydroxyl groups excluding tert-OH is 1. The Morgan fingerprint density at radius 3 is 2.55 bits per heavy atom. The minimum atomic E-state index is -0.612. The smallest absolute Gasteiger partial charge is 0.248 e. The van der Waals surface area contributed by atoms with Crippen LogP contribution >= 0.6 is 0 Å². The van der Waals surface area contributed by atoms with Crippen molar-refractivity contribution < 1.29 is 14.7 Å². The third-order valence-corrected chi connectivity index (χ3v) is 3.42. The maximum absolute atomic E-state index is 11.7. The number of hydrogen-bond acceptors (Lipinski definition) is 5. The minimum Gasteiger partial charge on any atom is -0.387 e. The molecule has 0 aliphatic carbocycles. The van der Waals surface area contributed by atoms with Gasteiger partial charge in [0.05, 0.1) is 19.2 Å². The number of benzene rings is 1.